The number of aromatic nitrogens is 4. The third-order valence-corrected chi connectivity index (χ3v) is 22.9. The summed E-state index contributed by atoms with van der Waals surface area (Å²) in [5.74, 6) is 9.42. The second-order valence-corrected chi connectivity index (χ2v) is 31.9. The first-order valence-corrected chi connectivity index (χ1v) is 44.8. The molecule has 12 rings (SSSR count). The van der Waals surface area contributed by atoms with Gasteiger partial charge in [-0.1, -0.05) is 305 Å². The molecular weight excluding hydrogens is 1430 g/mol. The third kappa shape index (κ3) is 22.5. The number of nitrogens with one attached hydrogen (secondary N) is 2. The molecular formula is C105H127N5O6. The largest absolute Gasteiger partial charge is 0.493 e. The number of nitrogens with zero attached hydrogens (tertiary/aromatic N) is 3. The molecule has 0 fully saturated rings. The first-order valence-electron chi connectivity index (χ1n) is 44.8. The highest BCUT2D eigenvalue weighted by Gasteiger charge is 2.28. The molecule has 0 spiro atoms. The van der Waals surface area contributed by atoms with E-state index in [1.165, 1.54) is 127 Å². The molecule has 2 aliphatic rings. The lowest BCUT2D eigenvalue weighted by Crippen LogP contribution is -2.12. The van der Waals surface area contributed by atoms with E-state index in [2.05, 4.69) is 202 Å². The number of H-pyrrole nitrogens is 2. The van der Waals surface area contributed by atoms with Crippen molar-refractivity contribution in [2.24, 2.45) is 0 Å². The van der Waals surface area contributed by atoms with Gasteiger partial charge in [-0.3, -0.25) is 0 Å². The second kappa shape index (κ2) is 45.3. The number of aromatic carboxylic acids is 1. The van der Waals surface area contributed by atoms with Gasteiger partial charge in [-0.25, -0.2) is 14.8 Å². The van der Waals surface area contributed by atoms with Crippen LogP contribution in [0.1, 0.15) is 302 Å². The first kappa shape index (κ1) is 85.1. The maximum atomic E-state index is 13.4. The number of rotatable bonds is 48. The number of ether oxygens (including phenoxy) is 4. The number of carboxylic acids is 1. The van der Waals surface area contributed by atoms with Crippen molar-refractivity contribution in [3.63, 3.8) is 0 Å². The first-order chi connectivity index (χ1) is 57.2. The van der Waals surface area contributed by atoms with Crippen LogP contribution in [0.3, 0.4) is 0 Å². The van der Waals surface area contributed by atoms with Crippen molar-refractivity contribution in [2.45, 2.75) is 260 Å². The topological polar surface area (TPSA) is 135 Å². The summed E-state index contributed by atoms with van der Waals surface area (Å²) in [6.45, 7) is 15.8. The van der Waals surface area contributed by atoms with Gasteiger partial charge in [-0.05, 0) is 181 Å². The van der Waals surface area contributed by atoms with E-state index < -0.39 is 5.97 Å². The molecule has 7 aromatic carbocycles. The molecule has 8 bridgehead atoms. The van der Waals surface area contributed by atoms with Gasteiger partial charge in [0.15, 0.2) is 0 Å². The molecule has 608 valence electrons. The fourth-order valence-electron chi connectivity index (χ4n) is 16.5. The van der Waals surface area contributed by atoms with Crippen molar-refractivity contribution in [3.05, 3.63) is 208 Å². The van der Waals surface area contributed by atoms with Crippen molar-refractivity contribution in [1.82, 2.24) is 19.9 Å². The van der Waals surface area contributed by atoms with Gasteiger partial charge >= 0.3 is 5.97 Å². The number of aromatic amines is 2. The lowest BCUT2D eigenvalue weighted by molar-refractivity contribution is 0.0701. The summed E-state index contributed by atoms with van der Waals surface area (Å²) in [5.41, 5.74) is 16.4. The zero-order chi connectivity index (χ0) is 80.5. The Hall–Kier alpha value is -10.3. The van der Waals surface area contributed by atoms with E-state index in [0.29, 0.717) is 54.2 Å². The van der Waals surface area contributed by atoms with Gasteiger partial charge in [-0.2, -0.15) is 0 Å². The lowest BCUT2D eigenvalue weighted by Gasteiger charge is -2.27. The molecule has 2 aliphatic heterocycles. The summed E-state index contributed by atoms with van der Waals surface area (Å²) in [4.78, 5) is 35.9. The van der Waals surface area contributed by atoms with E-state index >= 15 is 0 Å². The summed E-state index contributed by atoms with van der Waals surface area (Å²) in [6.07, 6.45) is 47.3. The normalized spacial score (nSPS) is 11.7. The Balaban J connectivity index is 1.19. The van der Waals surface area contributed by atoms with Gasteiger partial charge in [0.25, 0.3) is 0 Å². The Labute approximate surface area is 692 Å². The smallest absolute Gasteiger partial charge is 0.336 e. The molecule has 5 heterocycles. The van der Waals surface area contributed by atoms with Gasteiger partial charge in [-0.15, -0.1) is 0 Å². The minimum atomic E-state index is -0.991. The SMILES string of the molecule is CCCCCCCCOc1cccc(OCCCCCCCC)c1-c1c2nc(c(N(c3ccc(CCCCCC)cc3)c3ccc(CCCCCC)cc3)c3ccc([nH]3)c(-c3c(OCCCCCCCC)cccc3OCCCCCCCC)c3nc(c(C#Cc4c5ccccc5c(C(=O)O)c5ccccc45)c4ccc1[nH]4)C=C3)C=C2. The van der Waals surface area contributed by atoms with Crippen LogP contribution in [0.15, 0.2) is 158 Å². The highest BCUT2D eigenvalue weighted by molar-refractivity contribution is 6.19. The van der Waals surface area contributed by atoms with Crippen molar-refractivity contribution in [1.29, 1.82) is 0 Å². The van der Waals surface area contributed by atoms with E-state index in [0.717, 1.165) is 215 Å². The molecule has 0 unspecified atom stereocenters. The van der Waals surface area contributed by atoms with Crippen LogP contribution in [0.4, 0.5) is 17.1 Å². The van der Waals surface area contributed by atoms with Crippen molar-refractivity contribution >= 4 is 90.9 Å². The quantitative estimate of drug-likeness (QED) is 0.0194. The molecule has 0 aliphatic carbocycles. The summed E-state index contributed by atoms with van der Waals surface area (Å²) >= 11 is 0. The number of aryl methyl sites for hydroxylation is 2. The highest BCUT2D eigenvalue weighted by Crippen LogP contribution is 2.48. The number of unbranched alkanes of at least 4 members (excludes halogenated alkanes) is 26. The minimum Gasteiger partial charge on any atom is -0.493 e. The highest BCUT2D eigenvalue weighted by atomic mass is 16.5. The molecule has 11 nitrogen and oxygen atoms in total. The Morgan fingerprint density at radius 2 is 0.655 bits per heavy atom. The van der Waals surface area contributed by atoms with Crippen molar-refractivity contribution in [2.75, 3.05) is 31.3 Å². The van der Waals surface area contributed by atoms with E-state index in [-0.39, 0.29) is 5.56 Å². The summed E-state index contributed by atoms with van der Waals surface area (Å²) < 4.78 is 28.6. The van der Waals surface area contributed by atoms with Crippen LogP contribution >= 0.6 is 0 Å². The van der Waals surface area contributed by atoms with E-state index in [1.807, 2.05) is 48.5 Å². The second-order valence-electron chi connectivity index (χ2n) is 31.9. The zero-order valence-corrected chi connectivity index (χ0v) is 70.5. The number of carboxylic acid groups (broad SMARTS) is 1. The van der Waals surface area contributed by atoms with E-state index in [9.17, 15) is 9.90 Å². The van der Waals surface area contributed by atoms with Crippen LogP contribution in [0, 0.1) is 11.8 Å². The Morgan fingerprint density at radius 1 is 0.328 bits per heavy atom. The lowest BCUT2D eigenvalue weighted by atomic mass is 9.92. The van der Waals surface area contributed by atoms with Gasteiger partial charge in [0.05, 0.1) is 88.2 Å². The van der Waals surface area contributed by atoms with Crippen molar-refractivity contribution in [3.8, 4) is 57.1 Å². The van der Waals surface area contributed by atoms with E-state index in [1.54, 1.807) is 0 Å². The maximum Gasteiger partial charge on any atom is 0.336 e. The molecule has 0 atom stereocenters. The number of hydrogen-bond donors (Lipinski definition) is 3. The number of hydrogen-bond acceptors (Lipinski definition) is 8. The molecule has 116 heavy (non-hydrogen) atoms. The maximum absolute atomic E-state index is 13.4. The Morgan fingerprint density at radius 3 is 1.06 bits per heavy atom. The Kier molecular flexibility index (Phi) is 33.2. The van der Waals surface area contributed by atoms with Gasteiger partial charge in [0.2, 0.25) is 0 Å². The number of benzene rings is 7. The molecule has 0 saturated heterocycles. The molecule has 11 heteroatoms. The summed E-state index contributed by atoms with van der Waals surface area (Å²) in [5, 5.41) is 13.7. The molecule has 3 N–H and O–H groups in total. The number of anilines is 3. The van der Waals surface area contributed by atoms with Crippen molar-refractivity contribution < 1.29 is 28.8 Å². The van der Waals surface area contributed by atoms with Crippen LogP contribution in [0.25, 0.3) is 90.2 Å². The fraction of sp³-hybridized carbons (Fsp3) is 0.419. The molecule has 10 aromatic rings. The number of carbonyl (C=O) groups is 1. The van der Waals surface area contributed by atoms with Crippen LogP contribution in [0.2, 0.25) is 0 Å². The zero-order valence-electron chi connectivity index (χ0n) is 70.5. The third-order valence-electron chi connectivity index (χ3n) is 22.9. The molecule has 0 radical (unpaired) electrons. The van der Waals surface area contributed by atoms with Gasteiger partial charge in [0, 0.05) is 39.1 Å². The minimum absolute atomic E-state index is 0.248. The molecule has 3 aromatic heterocycles. The predicted molar refractivity (Wildman–Crippen MR) is 490 cm³/mol. The fourth-order valence-corrected chi connectivity index (χ4v) is 16.5. The average molecular weight is 1560 g/mol. The molecule has 0 amide bonds. The monoisotopic (exact) mass is 1550 g/mol. The molecule has 0 saturated carbocycles. The van der Waals surface area contributed by atoms with Crippen LogP contribution in [-0.4, -0.2) is 57.4 Å². The predicted octanol–water partition coefficient (Wildman–Crippen LogP) is 30.1. The van der Waals surface area contributed by atoms with Crippen LogP contribution < -0.4 is 23.8 Å². The van der Waals surface area contributed by atoms with Gasteiger partial charge < -0.3 is 38.9 Å². The van der Waals surface area contributed by atoms with Crippen LogP contribution in [-0.2, 0) is 12.8 Å². The number of fused-ring (bicyclic) bond motifs is 10. The summed E-state index contributed by atoms with van der Waals surface area (Å²) in [7, 11) is 0. The summed E-state index contributed by atoms with van der Waals surface area (Å²) in [6, 6.07) is 55.3. The average Bonchev–Trinajstić information content (AvgIpc) is 1.66. The van der Waals surface area contributed by atoms with Gasteiger partial charge in [0.1, 0.15) is 23.0 Å². The van der Waals surface area contributed by atoms with E-state index in [4.69, 9.17) is 28.9 Å². The van der Waals surface area contributed by atoms with Crippen LogP contribution in [0.5, 0.6) is 23.0 Å². The Bertz CT molecular complexity index is 4860. The standard InChI is InChI=1S/C105H127N5O6/c1-7-13-19-25-29-39-73-113-95-51-43-52-96(114-74-40-30-26-20-14-8-2)102(95)100-89-67-65-87(106-89)86(64-63-83-81-47-35-37-49-84(81)99(105(111)112)85-50-38-36-48-82(83)85)88-66-68-90(107-88)101(103-97(115-75-41-31-27-21-15-9-3)53-44-54-98(103)116-76-42-32-28-22-16-10-4)92-70-72-94(109-92)104(93-71-69-91(100)108-93)110(79-59-55-77(56-60-79)45-33-23-17-11-5)80-61-57-78(58-62-80)46-34-24-18-12-6/h35-38,43-44,47-62,65-72,106,109H,7-34,39-42,45-46,73-76H2,1-6H3,(H,111,112).